The van der Waals surface area contributed by atoms with Crippen LogP contribution in [0.25, 0.3) is 0 Å². The number of nitrogens with one attached hydrogen (secondary N) is 1. The molecular formula is C17H26N2O2. The monoisotopic (exact) mass is 290 g/mol. The number of amides is 1. The van der Waals surface area contributed by atoms with Crippen molar-refractivity contribution in [1.29, 1.82) is 0 Å². The third kappa shape index (κ3) is 5.14. The molecule has 4 nitrogen and oxygen atoms in total. The molecule has 1 aromatic carbocycles. The standard InChI is InChI=1S/C17H26N2O2/c1-3-21-16-9-6-10-19(12-16)13-17(20)18-11-15-8-5-4-7-14(15)2/h4-5,7-8,16H,3,6,9-13H2,1-2H3,(H,18,20)/t16-/m0/s1. The van der Waals surface area contributed by atoms with Gasteiger partial charge in [-0.1, -0.05) is 24.3 Å². The maximum Gasteiger partial charge on any atom is 0.234 e. The van der Waals surface area contributed by atoms with E-state index in [0.717, 1.165) is 32.5 Å². The second-order valence-electron chi connectivity index (χ2n) is 5.66. The Morgan fingerprint density at radius 3 is 3.00 bits per heavy atom. The Kier molecular flexibility index (Phi) is 6.21. The zero-order chi connectivity index (χ0) is 15.1. The number of likely N-dealkylation sites (tertiary alicyclic amines) is 1. The molecule has 0 aliphatic carbocycles. The molecule has 0 bridgehead atoms. The number of benzene rings is 1. The smallest absolute Gasteiger partial charge is 0.234 e. The number of carbonyl (C=O) groups is 1. The lowest BCUT2D eigenvalue weighted by atomic mass is 10.1. The van der Waals surface area contributed by atoms with Gasteiger partial charge in [0.25, 0.3) is 0 Å². The van der Waals surface area contributed by atoms with Gasteiger partial charge in [-0.05, 0) is 44.4 Å². The average molecular weight is 290 g/mol. The van der Waals surface area contributed by atoms with Crippen molar-refractivity contribution >= 4 is 5.91 Å². The van der Waals surface area contributed by atoms with Gasteiger partial charge in [-0.3, -0.25) is 9.69 Å². The minimum atomic E-state index is 0.0930. The highest BCUT2D eigenvalue weighted by Crippen LogP contribution is 2.12. The normalized spacial score (nSPS) is 19.4. The van der Waals surface area contributed by atoms with Crippen molar-refractivity contribution in [2.75, 3.05) is 26.2 Å². The molecule has 1 N–H and O–H groups in total. The number of piperidine rings is 1. The van der Waals surface area contributed by atoms with E-state index in [1.165, 1.54) is 11.1 Å². The van der Waals surface area contributed by atoms with Crippen molar-refractivity contribution in [2.45, 2.75) is 39.3 Å². The molecule has 116 valence electrons. The molecule has 1 heterocycles. The van der Waals surface area contributed by atoms with Crippen LogP contribution >= 0.6 is 0 Å². The summed E-state index contributed by atoms with van der Waals surface area (Å²) >= 11 is 0. The summed E-state index contributed by atoms with van der Waals surface area (Å²) in [6.07, 6.45) is 2.50. The Balaban J connectivity index is 1.75. The van der Waals surface area contributed by atoms with Crippen LogP contribution in [0.5, 0.6) is 0 Å². The lowest BCUT2D eigenvalue weighted by Crippen LogP contribution is -2.44. The van der Waals surface area contributed by atoms with Gasteiger partial charge in [0, 0.05) is 19.7 Å². The first-order valence-corrected chi connectivity index (χ1v) is 7.84. The molecule has 1 amide bonds. The average Bonchev–Trinajstić information content (AvgIpc) is 2.47. The highest BCUT2D eigenvalue weighted by atomic mass is 16.5. The topological polar surface area (TPSA) is 41.6 Å². The summed E-state index contributed by atoms with van der Waals surface area (Å²) in [5.41, 5.74) is 2.39. The third-order valence-electron chi connectivity index (χ3n) is 3.97. The minimum Gasteiger partial charge on any atom is -0.377 e. The Morgan fingerprint density at radius 1 is 1.43 bits per heavy atom. The van der Waals surface area contributed by atoms with Crippen molar-refractivity contribution in [3.05, 3.63) is 35.4 Å². The number of hydrogen-bond acceptors (Lipinski definition) is 3. The lowest BCUT2D eigenvalue weighted by Gasteiger charge is -2.31. The number of rotatable bonds is 6. The molecule has 0 spiro atoms. The molecule has 1 aromatic rings. The predicted octanol–water partition coefficient (Wildman–Crippen LogP) is 2.11. The van der Waals surface area contributed by atoms with E-state index in [1.807, 2.05) is 19.1 Å². The first-order valence-electron chi connectivity index (χ1n) is 7.84. The fraction of sp³-hybridized carbons (Fsp3) is 0.588. The van der Waals surface area contributed by atoms with Crippen LogP contribution in [0.1, 0.15) is 30.9 Å². The van der Waals surface area contributed by atoms with Gasteiger partial charge in [-0.2, -0.15) is 0 Å². The number of hydrogen-bond donors (Lipinski definition) is 1. The highest BCUT2D eigenvalue weighted by Gasteiger charge is 2.21. The van der Waals surface area contributed by atoms with Crippen LogP contribution in [0.4, 0.5) is 0 Å². The van der Waals surface area contributed by atoms with E-state index in [1.54, 1.807) is 0 Å². The first kappa shape index (κ1) is 16.0. The fourth-order valence-electron chi connectivity index (χ4n) is 2.79. The second kappa shape index (κ2) is 8.15. The number of aryl methyl sites for hydroxylation is 1. The van der Waals surface area contributed by atoms with Crippen LogP contribution < -0.4 is 5.32 Å². The third-order valence-corrected chi connectivity index (χ3v) is 3.97. The molecular weight excluding hydrogens is 264 g/mol. The van der Waals surface area contributed by atoms with E-state index < -0.39 is 0 Å². The van der Waals surface area contributed by atoms with Crippen LogP contribution in [0.2, 0.25) is 0 Å². The molecule has 1 atom stereocenters. The Morgan fingerprint density at radius 2 is 2.24 bits per heavy atom. The molecule has 0 unspecified atom stereocenters. The van der Waals surface area contributed by atoms with Gasteiger partial charge in [0.15, 0.2) is 0 Å². The SMILES string of the molecule is CCO[C@H]1CCCN(CC(=O)NCc2ccccc2C)C1. The molecule has 4 heteroatoms. The summed E-state index contributed by atoms with van der Waals surface area (Å²) in [5.74, 6) is 0.0930. The maximum absolute atomic E-state index is 12.1. The Bertz CT molecular complexity index is 460. The van der Waals surface area contributed by atoms with Gasteiger partial charge in [-0.15, -0.1) is 0 Å². The van der Waals surface area contributed by atoms with Gasteiger partial charge >= 0.3 is 0 Å². The molecule has 21 heavy (non-hydrogen) atoms. The van der Waals surface area contributed by atoms with E-state index >= 15 is 0 Å². The zero-order valence-electron chi connectivity index (χ0n) is 13.1. The van der Waals surface area contributed by atoms with Gasteiger partial charge in [-0.25, -0.2) is 0 Å². The number of nitrogens with zero attached hydrogens (tertiary/aromatic N) is 1. The van der Waals surface area contributed by atoms with Crippen molar-refractivity contribution in [3.63, 3.8) is 0 Å². The van der Waals surface area contributed by atoms with Gasteiger partial charge < -0.3 is 10.1 Å². The molecule has 0 aromatic heterocycles. The molecule has 1 aliphatic heterocycles. The second-order valence-corrected chi connectivity index (χ2v) is 5.66. The van der Waals surface area contributed by atoms with Crippen LogP contribution in [-0.4, -0.2) is 43.2 Å². The first-order chi connectivity index (χ1) is 10.2. The predicted molar refractivity (Wildman–Crippen MR) is 84.1 cm³/mol. The highest BCUT2D eigenvalue weighted by molar-refractivity contribution is 5.78. The molecule has 1 fully saturated rings. The summed E-state index contributed by atoms with van der Waals surface area (Å²) in [5, 5.41) is 3.01. The lowest BCUT2D eigenvalue weighted by molar-refractivity contribution is -0.123. The molecule has 0 saturated carbocycles. The van der Waals surface area contributed by atoms with Crippen molar-refractivity contribution in [1.82, 2.24) is 10.2 Å². The Hall–Kier alpha value is -1.39. The maximum atomic E-state index is 12.1. The van der Waals surface area contributed by atoms with Crippen LogP contribution in [-0.2, 0) is 16.1 Å². The van der Waals surface area contributed by atoms with E-state index in [0.29, 0.717) is 13.1 Å². The van der Waals surface area contributed by atoms with Gasteiger partial charge in [0.2, 0.25) is 5.91 Å². The summed E-state index contributed by atoms with van der Waals surface area (Å²) < 4.78 is 5.67. The van der Waals surface area contributed by atoms with Crippen LogP contribution in [0.3, 0.4) is 0 Å². The largest absolute Gasteiger partial charge is 0.377 e. The van der Waals surface area contributed by atoms with Crippen molar-refractivity contribution in [3.8, 4) is 0 Å². The molecule has 1 saturated heterocycles. The van der Waals surface area contributed by atoms with Crippen molar-refractivity contribution < 1.29 is 9.53 Å². The summed E-state index contributed by atoms with van der Waals surface area (Å²) in [7, 11) is 0. The van der Waals surface area contributed by atoms with Gasteiger partial charge in [0.05, 0.1) is 12.6 Å². The van der Waals surface area contributed by atoms with E-state index in [-0.39, 0.29) is 12.0 Å². The zero-order valence-corrected chi connectivity index (χ0v) is 13.1. The minimum absolute atomic E-state index is 0.0930. The molecule has 0 radical (unpaired) electrons. The Labute approximate surface area is 127 Å². The molecule has 2 rings (SSSR count). The van der Waals surface area contributed by atoms with Gasteiger partial charge in [0.1, 0.15) is 0 Å². The van der Waals surface area contributed by atoms with Crippen LogP contribution in [0, 0.1) is 6.92 Å². The van der Waals surface area contributed by atoms with Crippen LogP contribution in [0.15, 0.2) is 24.3 Å². The number of carbonyl (C=O) groups excluding carboxylic acids is 1. The summed E-state index contributed by atoms with van der Waals surface area (Å²) in [6, 6.07) is 8.15. The number of ether oxygens (including phenoxy) is 1. The summed E-state index contributed by atoms with van der Waals surface area (Å²) in [4.78, 5) is 14.3. The quantitative estimate of drug-likeness (QED) is 0.872. The van der Waals surface area contributed by atoms with Crippen molar-refractivity contribution in [2.24, 2.45) is 0 Å². The fourth-order valence-corrected chi connectivity index (χ4v) is 2.79. The molecule has 1 aliphatic rings. The summed E-state index contributed by atoms with van der Waals surface area (Å²) in [6.45, 7) is 7.77. The van der Waals surface area contributed by atoms with E-state index in [4.69, 9.17) is 4.74 Å². The van der Waals surface area contributed by atoms with E-state index in [2.05, 4.69) is 29.3 Å². The van der Waals surface area contributed by atoms with E-state index in [9.17, 15) is 4.79 Å².